The average Bonchev–Trinajstić information content (AvgIpc) is 2.74. The zero-order valence-corrected chi connectivity index (χ0v) is 15.8. The van der Waals surface area contributed by atoms with Crippen molar-refractivity contribution in [3.05, 3.63) is 95.6 Å². The molecule has 0 saturated heterocycles. The molecule has 0 aliphatic heterocycles. The van der Waals surface area contributed by atoms with Gasteiger partial charge in [0.25, 0.3) is 0 Å². The molecule has 1 atom stereocenters. The van der Waals surface area contributed by atoms with Crippen LogP contribution in [0.1, 0.15) is 36.0 Å². The number of carbonyl (C=O) groups is 1. The lowest BCUT2D eigenvalue weighted by molar-refractivity contribution is -0.117. The van der Waals surface area contributed by atoms with E-state index in [1.165, 1.54) is 0 Å². The normalized spacial score (nSPS) is 11.3. The maximum absolute atomic E-state index is 12.7. The van der Waals surface area contributed by atoms with Crippen molar-refractivity contribution in [2.75, 3.05) is 5.32 Å². The number of nitriles is 1. The number of hydrogen-bond donors (Lipinski definition) is 1. The Morgan fingerprint density at radius 2 is 1.82 bits per heavy atom. The molecule has 0 bridgehead atoms. The minimum absolute atomic E-state index is 0.0347. The van der Waals surface area contributed by atoms with E-state index in [4.69, 9.17) is 10.00 Å². The van der Waals surface area contributed by atoms with Crippen LogP contribution in [0.3, 0.4) is 0 Å². The highest BCUT2D eigenvalue weighted by Gasteiger charge is 2.18. The summed E-state index contributed by atoms with van der Waals surface area (Å²) >= 11 is 0. The van der Waals surface area contributed by atoms with E-state index in [0.29, 0.717) is 23.6 Å². The minimum atomic E-state index is -0.195. The summed E-state index contributed by atoms with van der Waals surface area (Å²) in [7, 11) is 0. The molecule has 4 heteroatoms. The van der Waals surface area contributed by atoms with E-state index >= 15 is 0 Å². The molecule has 0 saturated carbocycles. The van der Waals surface area contributed by atoms with Crippen LogP contribution in [0.4, 0.5) is 5.69 Å². The van der Waals surface area contributed by atoms with Gasteiger partial charge < -0.3 is 10.1 Å². The van der Waals surface area contributed by atoms with Gasteiger partial charge >= 0.3 is 0 Å². The first kappa shape index (κ1) is 19.2. The lowest BCUT2D eigenvalue weighted by atomic mass is 9.95. The number of hydrogen-bond acceptors (Lipinski definition) is 3. The lowest BCUT2D eigenvalue weighted by Crippen LogP contribution is -2.20. The topological polar surface area (TPSA) is 62.1 Å². The second-order valence-corrected chi connectivity index (χ2v) is 6.49. The third-order valence-corrected chi connectivity index (χ3v) is 4.49. The summed E-state index contributed by atoms with van der Waals surface area (Å²) in [5.41, 5.74) is 3.23. The zero-order chi connectivity index (χ0) is 19.8. The van der Waals surface area contributed by atoms with Gasteiger partial charge in [-0.2, -0.15) is 5.26 Å². The first-order valence-corrected chi connectivity index (χ1v) is 9.27. The number of benzene rings is 3. The molecule has 1 amide bonds. The van der Waals surface area contributed by atoms with Gasteiger partial charge in [0.15, 0.2) is 0 Å². The molecule has 0 radical (unpaired) electrons. The Labute approximate surface area is 165 Å². The number of amides is 1. The SMILES string of the molecule is CCC(C(=O)Nc1cccc(OCc2cccc(C#N)c2)c1)c1ccccc1. The van der Waals surface area contributed by atoms with Crippen LogP contribution in [0.25, 0.3) is 0 Å². The van der Waals surface area contributed by atoms with Crippen molar-refractivity contribution in [3.8, 4) is 11.8 Å². The van der Waals surface area contributed by atoms with E-state index in [1.807, 2.05) is 73.7 Å². The van der Waals surface area contributed by atoms with Gasteiger partial charge in [0.1, 0.15) is 12.4 Å². The predicted octanol–water partition coefficient (Wildman–Crippen LogP) is 5.27. The van der Waals surface area contributed by atoms with Crippen LogP contribution in [0.5, 0.6) is 5.75 Å². The van der Waals surface area contributed by atoms with E-state index in [0.717, 1.165) is 17.5 Å². The fourth-order valence-corrected chi connectivity index (χ4v) is 3.05. The molecule has 28 heavy (non-hydrogen) atoms. The Kier molecular flexibility index (Phi) is 6.43. The highest BCUT2D eigenvalue weighted by Crippen LogP contribution is 2.24. The maximum atomic E-state index is 12.7. The Bertz CT molecular complexity index is 977. The third kappa shape index (κ3) is 4.99. The van der Waals surface area contributed by atoms with Crippen LogP contribution >= 0.6 is 0 Å². The monoisotopic (exact) mass is 370 g/mol. The van der Waals surface area contributed by atoms with Gasteiger partial charge in [0.05, 0.1) is 17.6 Å². The second-order valence-electron chi connectivity index (χ2n) is 6.49. The molecular formula is C24H22N2O2. The molecule has 0 fully saturated rings. The minimum Gasteiger partial charge on any atom is -0.489 e. The standard InChI is InChI=1S/C24H22N2O2/c1-2-23(20-10-4-3-5-11-20)24(27)26-21-12-7-13-22(15-21)28-17-19-9-6-8-18(14-19)16-25/h3-15,23H,2,17H2,1H3,(H,26,27). The van der Waals surface area contributed by atoms with Crippen LogP contribution in [-0.4, -0.2) is 5.91 Å². The van der Waals surface area contributed by atoms with Gasteiger partial charge in [-0.1, -0.05) is 55.5 Å². The van der Waals surface area contributed by atoms with Crippen LogP contribution < -0.4 is 10.1 Å². The Hall–Kier alpha value is -3.58. The van der Waals surface area contributed by atoms with Crippen molar-refractivity contribution in [3.63, 3.8) is 0 Å². The number of nitrogens with zero attached hydrogens (tertiary/aromatic N) is 1. The predicted molar refractivity (Wildman–Crippen MR) is 110 cm³/mol. The second kappa shape index (κ2) is 9.38. The van der Waals surface area contributed by atoms with Crippen molar-refractivity contribution in [1.82, 2.24) is 0 Å². The van der Waals surface area contributed by atoms with Crippen molar-refractivity contribution in [2.45, 2.75) is 25.9 Å². The van der Waals surface area contributed by atoms with Gasteiger partial charge in [-0.15, -0.1) is 0 Å². The van der Waals surface area contributed by atoms with E-state index in [2.05, 4.69) is 11.4 Å². The van der Waals surface area contributed by atoms with Crippen LogP contribution in [0, 0.1) is 11.3 Å². The molecule has 3 aromatic carbocycles. The number of nitrogens with one attached hydrogen (secondary N) is 1. The number of carbonyl (C=O) groups excluding carboxylic acids is 1. The first-order valence-electron chi connectivity index (χ1n) is 9.27. The van der Waals surface area contributed by atoms with E-state index < -0.39 is 0 Å². The number of rotatable bonds is 7. The highest BCUT2D eigenvalue weighted by atomic mass is 16.5. The van der Waals surface area contributed by atoms with Gasteiger partial charge in [-0.3, -0.25) is 4.79 Å². The number of anilines is 1. The van der Waals surface area contributed by atoms with Gasteiger partial charge in [-0.05, 0) is 41.8 Å². The summed E-state index contributed by atoms with van der Waals surface area (Å²) in [6.07, 6.45) is 0.723. The molecule has 1 N–H and O–H groups in total. The zero-order valence-electron chi connectivity index (χ0n) is 15.8. The molecule has 4 nitrogen and oxygen atoms in total. The van der Waals surface area contributed by atoms with E-state index in [1.54, 1.807) is 12.1 Å². The number of ether oxygens (including phenoxy) is 1. The van der Waals surface area contributed by atoms with Gasteiger partial charge in [0, 0.05) is 11.8 Å². The van der Waals surface area contributed by atoms with Crippen LogP contribution in [0.15, 0.2) is 78.9 Å². The maximum Gasteiger partial charge on any atom is 0.231 e. The molecule has 0 aliphatic carbocycles. The average molecular weight is 370 g/mol. The van der Waals surface area contributed by atoms with E-state index in [-0.39, 0.29) is 11.8 Å². The van der Waals surface area contributed by atoms with Crippen molar-refractivity contribution >= 4 is 11.6 Å². The molecule has 3 aromatic rings. The molecule has 3 rings (SSSR count). The largest absolute Gasteiger partial charge is 0.489 e. The summed E-state index contributed by atoms with van der Waals surface area (Å²) in [6, 6.07) is 26.6. The quantitative estimate of drug-likeness (QED) is 0.616. The molecule has 0 aromatic heterocycles. The molecule has 0 heterocycles. The summed E-state index contributed by atoms with van der Waals surface area (Å²) in [4.78, 5) is 12.7. The molecule has 0 aliphatic rings. The fourth-order valence-electron chi connectivity index (χ4n) is 3.05. The van der Waals surface area contributed by atoms with Crippen molar-refractivity contribution < 1.29 is 9.53 Å². The Balaban J connectivity index is 1.65. The van der Waals surface area contributed by atoms with Crippen molar-refractivity contribution in [2.24, 2.45) is 0 Å². The van der Waals surface area contributed by atoms with E-state index in [9.17, 15) is 4.79 Å². The lowest BCUT2D eigenvalue weighted by Gasteiger charge is -2.16. The first-order chi connectivity index (χ1) is 13.7. The van der Waals surface area contributed by atoms with Gasteiger partial charge in [0.2, 0.25) is 5.91 Å². The fraction of sp³-hybridized carbons (Fsp3) is 0.167. The summed E-state index contributed by atoms with van der Waals surface area (Å²) in [6.45, 7) is 2.36. The summed E-state index contributed by atoms with van der Waals surface area (Å²) < 4.78 is 5.82. The summed E-state index contributed by atoms with van der Waals surface area (Å²) in [5, 5.41) is 12.0. The van der Waals surface area contributed by atoms with Crippen molar-refractivity contribution in [1.29, 1.82) is 5.26 Å². The third-order valence-electron chi connectivity index (χ3n) is 4.49. The molecule has 0 spiro atoms. The molecule has 140 valence electrons. The Morgan fingerprint density at radius 3 is 2.57 bits per heavy atom. The Morgan fingerprint density at radius 1 is 1.04 bits per heavy atom. The molecular weight excluding hydrogens is 348 g/mol. The smallest absolute Gasteiger partial charge is 0.231 e. The van der Waals surface area contributed by atoms with Crippen LogP contribution in [0.2, 0.25) is 0 Å². The summed E-state index contributed by atoms with van der Waals surface area (Å²) in [5.74, 6) is 0.431. The van der Waals surface area contributed by atoms with Crippen LogP contribution in [-0.2, 0) is 11.4 Å². The molecule has 1 unspecified atom stereocenters. The highest BCUT2D eigenvalue weighted by molar-refractivity contribution is 5.95. The van der Waals surface area contributed by atoms with Gasteiger partial charge in [-0.25, -0.2) is 0 Å².